The fraction of sp³-hybridized carbons (Fsp3) is 0.385. The summed E-state index contributed by atoms with van der Waals surface area (Å²) in [6.07, 6.45) is 5.68. The van der Waals surface area contributed by atoms with Gasteiger partial charge in [-0.2, -0.15) is 0 Å². The minimum atomic E-state index is 0.0332. The molecule has 2 heterocycles. The summed E-state index contributed by atoms with van der Waals surface area (Å²) in [5, 5.41) is 3.36. The third kappa shape index (κ3) is 3.69. The molecule has 2 aromatic rings. The molecule has 0 bridgehead atoms. The Bertz CT molecular complexity index is 505. The van der Waals surface area contributed by atoms with Crippen LogP contribution >= 0.6 is 0 Å². The molecule has 0 saturated heterocycles. The normalized spacial score (nSPS) is 12.1. The zero-order valence-corrected chi connectivity index (χ0v) is 11.1. The molecular formula is C13H17N5O. The monoisotopic (exact) mass is 259 g/mol. The van der Waals surface area contributed by atoms with Crippen molar-refractivity contribution in [2.45, 2.75) is 19.4 Å². The van der Waals surface area contributed by atoms with E-state index in [9.17, 15) is 0 Å². The molecule has 100 valence electrons. The smallest absolute Gasteiger partial charge is 0.216 e. The quantitative estimate of drug-likeness (QED) is 0.839. The third-order valence-electron chi connectivity index (χ3n) is 2.67. The van der Waals surface area contributed by atoms with E-state index in [0.29, 0.717) is 12.3 Å². The molecule has 1 atom stereocenters. The van der Waals surface area contributed by atoms with Crippen molar-refractivity contribution in [3.8, 4) is 5.88 Å². The standard InChI is InChI=1S/C13H17N5O/c1-3-14-11(13-15-5-4-6-16-13)7-10-8-12(19-2)18-9-17-10/h4-6,8-9,11,14H,3,7H2,1-2H3. The second-order valence-corrected chi connectivity index (χ2v) is 3.97. The lowest BCUT2D eigenvalue weighted by Crippen LogP contribution is -2.25. The lowest BCUT2D eigenvalue weighted by Gasteiger charge is -2.15. The van der Waals surface area contributed by atoms with E-state index in [0.717, 1.165) is 18.1 Å². The summed E-state index contributed by atoms with van der Waals surface area (Å²) >= 11 is 0. The fourth-order valence-electron chi connectivity index (χ4n) is 1.80. The highest BCUT2D eigenvalue weighted by molar-refractivity contribution is 5.15. The van der Waals surface area contributed by atoms with Gasteiger partial charge >= 0.3 is 0 Å². The Kier molecular flexibility index (Phi) is 4.74. The number of hydrogen-bond acceptors (Lipinski definition) is 6. The van der Waals surface area contributed by atoms with Gasteiger partial charge in [-0.1, -0.05) is 6.92 Å². The Labute approximate surface area is 112 Å². The maximum Gasteiger partial charge on any atom is 0.216 e. The van der Waals surface area contributed by atoms with Crippen LogP contribution in [0.4, 0.5) is 0 Å². The number of likely N-dealkylation sites (N-methyl/N-ethyl adjacent to an activating group) is 1. The van der Waals surface area contributed by atoms with Crippen molar-refractivity contribution in [3.63, 3.8) is 0 Å². The van der Waals surface area contributed by atoms with Crippen LogP contribution in [0.15, 0.2) is 30.9 Å². The molecule has 0 amide bonds. The van der Waals surface area contributed by atoms with E-state index >= 15 is 0 Å². The maximum absolute atomic E-state index is 5.10. The van der Waals surface area contributed by atoms with Crippen molar-refractivity contribution in [1.82, 2.24) is 25.3 Å². The third-order valence-corrected chi connectivity index (χ3v) is 2.67. The minimum Gasteiger partial charge on any atom is -0.481 e. The average Bonchev–Trinajstić information content (AvgIpc) is 2.48. The first-order chi connectivity index (χ1) is 9.33. The van der Waals surface area contributed by atoms with Gasteiger partial charge in [0.1, 0.15) is 12.2 Å². The first kappa shape index (κ1) is 13.4. The Balaban J connectivity index is 2.16. The number of rotatable bonds is 6. The van der Waals surface area contributed by atoms with Crippen LogP contribution in [0.2, 0.25) is 0 Å². The number of aromatic nitrogens is 4. The van der Waals surface area contributed by atoms with E-state index in [1.54, 1.807) is 25.6 Å². The Morgan fingerprint density at radius 1 is 1.21 bits per heavy atom. The number of hydrogen-bond donors (Lipinski definition) is 1. The van der Waals surface area contributed by atoms with Gasteiger partial charge in [-0.25, -0.2) is 19.9 Å². The summed E-state index contributed by atoms with van der Waals surface area (Å²) in [5.74, 6) is 1.33. The molecule has 0 saturated carbocycles. The van der Waals surface area contributed by atoms with Gasteiger partial charge in [-0.3, -0.25) is 0 Å². The van der Waals surface area contributed by atoms with Crippen LogP contribution in [0, 0.1) is 0 Å². The number of nitrogens with zero attached hydrogens (tertiary/aromatic N) is 4. The Morgan fingerprint density at radius 3 is 2.68 bits per heavy atom. The van der Waals surface area contributed by atoms with Crippen LogP contribution < -0.4 is 10.1 Å². The molecule has 0 fully saturated rings. The van der Waals surface area contributed by atoms with E-state index in [1.165, 1.54) is 6.33 Å². The molecular weight excluding hydrogens is 242 g/mol. The molecule has 19 heavy (non-hydrogen) atoms. The molecule has 6 nitrogen and oxygen atoms in total. The Morgan fingerprint density at radius 2 is 2.00 bits per heavy atom. The van der Waals surface area contributed by atoms with Crippen molar-refractivity contribution >= 4 is 0 Å². The largest absolute Gasteiger partial charge is 0.481 e. The van der Waals surface area contributed by atoms with Gasteiger partial charge in [0.05, 0.1) is 13.2 Å². The SMILES string of the molecule is CCNC(Cc1cc(OC)ncn1)c1ncccn1. The second-order valence-electron chi connectivity index (χ2n) is 3.97. The van der Waals surface area contributed by atoms with Crippen LogP contribution in [0.25, 0.3) is 0 Å². The first-order valence-corrected chi connectivity index (χ1v) is 6.18. The molecule has 0 aliphatic heterocycles. The average molecular weight is 259 g/mol. The van der Waals surface area contributed by atoms with Crippen LogP contribution in [-0.4, -0.2) is 33.6 Å². The predicted molar refractivity (Wildman–Crippen MR) is 70.7 cm³/mol. The molecule has 2 aromatic heterocycles. The molecule has 1 unspecified atom stereocenters. The van der Waals surface area contributed by atoms with Gasteiger partial charge < -0.3 is 10.1 Å². The summed E-state index contributed by atoms with van der Waals surface area (Å²) in [6.45, 7) is 2.89. The molecule has 0 spiro atoms. The molecule has 1 N–H and O–H groups in total. The molecule has 6 heteroatoms. The molecule has 2 rings (SSSR count). The van der Waals surface area contributed by atoms with E-state index in [-0.39, 0.29) is 6.04 Å². The van der Waals surface area contributed by atoms with Gasteiger partial charge in [-0.05, 0) is 12.6 Å². The highest BCUT2D eigenvalue weighted by Crippen LogP contribution is 2.15. The van der Waals surface area contributed by atoms with Gasteiger partial charge in [0.2, 0.25) is 5.88 Å². The fourth-order valence-corrected chi connectivity index (χ4v) is 1.80. The Hall–Kier alpha value is -2.08. The minimum absolute atomic E-state index is 0.0332. The van der Waals surface area contributed by atoms with Crippen LogP contribution in [0.3, 0.4) is 0 Å². The molecule has 0 aliphatic rings. The van der Waals surface area contributed by atoms with Crippen LogP contribution in [-0.2, 0) is 6.42 Å². The number of ether oxygens (including phenoxy) is 1. The van der Waals surface area contributed by atoms with Gasteiger partial charge in [0.15, 0.2) is 0 Å². The van der Waals surface area contributed by atoms with E-state index < -0.39 is 0 Å². The highest BCUT2D eigenvalue weighted by Gasteiger charge is 2.14. The lowest BCUT2D eigenvalue weighted by molar-refractivity contribution is 0.395. The van der Waals surface area contributed by atoms with Crippen molar-refractivity contribution in [2.24, 2.45) is 0 Å². The van der Waals surface area contributed by atoms with Crippen LogP contribution in [0.1, 0.15) is 24.5 Å². The molecule has 0 aromatic carbocycles. The number of methoxy groups -OCH3 is 1. The maximum atomic E-state index is 5.10. The van der Waals surface area contributed by atoms with Gasteiger partial charge in [-0.15, -0.1) is 0 Å². The summed E-state index contributed by atoms with van der Waals surface area (Å²) in [5.41, 5.74) is 0.894. The first-order valence-electron chi connectivity index (χ1n) is 6.18. The van der Waals surface area contributed by atoms with Crippen molar-refractivity contribution in [3.05, 3.63) is 42.4 Å². The topological polar surface area (TPSA) is 72.8 Å². The van der Waals surface area contributed by atoms with E-state index in [1.807, 2.05) is 6.07 Å². The highest BCUT2D eigenvalue weighted by atomic mass is 16.5. The zero-order valence-electron chi connectivity index (χ0n) is 11.1. The summed E-state index contributed by atoms with van der Waals surface area (Å²) in [4.78, 5) is 16.8. The zero-order chi connectivity index (χ0) is 13.5. The van der Waals surface area contributed by atoms with Gasteiger partial charge in [0, 0.05) is 30.6 Å². The molecule has 0 aliphatic carbocycles. The summed E-state index contributed by atoms with van der Waals surface area (Å²) in [7, 11) is 1.59. The predicted octanol–water partition coefficient (Wildman–Crippen LogP) is 1.17. The summed E-state index contributed by atoms with van der Waals surface area (Å²) < 4.78 is 5.10. The van der Waals surface area contributed by atoms with E-state index in [4.69, 9.17) is 4.74 Å². The summed E-state index contributed by atoms with van der Waals surface area (Å²) in [6, 6.07) is 3.67. The van der Waals surface area contributed by atoms with Crippen molar-refractivity contribution in [2.75, 3.05) is 13.7 Å². The lowest BCUT2D eigenvalue weighted by atomic mass is 10.1. The number of nitrogens with one attached hydrogen (secondary N) is 1. The van der Waals surface area contributed by atoms with Crippen molar-refractivity contribution < 1.29 is 4.74 Å². The van der Waals surface area contributed by atoms with Crippen LogP contribution in [0.5, 0.6) is 5.88 Å². The van der Waals surface area contributed by atoms with Crippen molar-refractivity contribution in [1.29, 1.82) is 0 Å². The second kappa shape index (κ2) is 6.75. The van der Waals surface area contributed by atoms with E-state index in [2.05, 4.69) is 32.2 Å². The van der Waals surface area contributed by atoms with Gasteiger partial charge in [0.25, 0.3) is 0 Å². The molecule has 0 radical (unpaired) electrons.